The van der Waals surface area contributed by atoms with Crippen molar-refractivity contribution in [3.05, 3.63) is 41.1 Å². The monoisotopic (exact) mass is 355 g/mol. The zero-order valence-electron chi connectivity index (χ0n) is 15.2. The Balaban J connectivity index is 2.05. The van der Waals surface area contributed by atoms with Gasteiger partial charge in [-0.15, -0.1) is 0 Å². The van der Waals surface area contributed by atoms with Crippen LogP contribution in [0.2, 0.25) is 0 Å². The molecule has 0 unspecified atom stereocenters. The average Bonchev–Trinajstić information content (AvgIpc) is 2.56. The maximum absolute atomic E-state index is 13.2. The fraction of sp³-hybridized carbons (Fsp3) is 0.450. The van der Waals surface area contributed by atoms with Crippen LogP contribution in [0.5, 0.6) is 0 Å². The number of hydrogen-bond acceptors (Lipinski definition) is 3. The maximum atomic E-state index is 13.2. The van der Waals surface area contributed by atoms with Crippen LogP contribution in [0.25, 0.3) is 0 Å². The van der Waals surface area contributed by atoms with Gasteiger partial charge in [0.2, 0.25) is 11.8 Å². The van der Waals surface area contributed by atoms with Crippen LogP contribution in [0.3, 0.4) is 0 Å². The van der Waals surface area contributed by atoms with Crippen molar-refractivity contribution in [2.45, 2.75) is 46.0 Å². The van der Waals surface area contributed by atoms with E-state index in [1.807, 2.05) is 31.2 Å². The molecule has 0 aromatic heterocycles. The Kier molecular flexibility index (Phi) is 4.85. The van der Waals surface area contributed by atoms with E-state index in [-0.39, 0.29) is 5.91 Å². The van der Waals surface area contributed by atoms with Gasteiger partial charge in [0.1, 0.15) is 5.92 Å². The maximum Gasteiger partial charge on any atom is 0.253 e. The van der Waals surface area contributed by atoms with Crippen molar-refractivity contribution < 1.29 is 14.4 Å². The number of hydrogen-bond donors (Lipinski definition) is 3. The Hall–Kier alpha value is -2.63. The second kappa shape index (κ2) is 6.94. The summed E-state index contributed by atoms with van der Waals surface area (Å²) in [7, 11) is 0. The summed E-state index contributed by atoms with van der Waals surface area (Å²) in [6, 6.07) is 7.52. The number of anilines is 1. The van der Waals surface area contributed by atoms with Gasteiger partial charge in [-0.25, -0.2) is 0 Å². The third-order valence-corrected chi connectivity index (χ3v) is 5.65. The minimum absolute atomic E-state index is 0.273. The van der Waals surface area contributed by atoms with Crippen LogP contribution >= 0.6 is 0 Å². The Morgan fingerprint density at radius 1 is 1.15 bits per heavy atom. The third-order valence-electron chi connectivity index (χ3n) is 5.65. The SMILES string of the molecule is CC1=C(C(=O)Nc2ccccc2C)C2(CCCCC2)[C@H](C(N)=O)C(=O)N1. The number of nitrogens with one attached hydrogen (secondary N) is 2. The molecule has 0 saturated heterocycles. The zero-order valence-corrected chi connectivity index (χ0v) is 15.2. The van der Waals surface area contributed by atoms with E-state index in [4.69, 9.17) is 5.73 Å². The van der Waals surface area contributed by atoms with Crippen molar-refractivity contribution in [3.63, 3.8) is 0 Å². The van der Waals surface area contributed by atoms with Gasteiger partial charge >= 0.3 is 0 Å². The number of para-hydroxylation sites is 1. The predicted octanol–water partition coefficient (Wildman–Crippen LogP) is 2.39. The van der Waals surface area contributed by atoms with Crippen LogP contribution in [-0.4, -0.2) is 17.7 Å². The highest BCUT2D eigenvalue weighted by Gasteiger charge is 2.54. The Bertz CT molecular complexity index is 791. The highest BCUT2D eigenvalue weighted by Crippen LogP contribution is 2.51. The summed E-state index contributed by atoms with van der Waals surface area (Å²) in [5.74, 6) is -2.35. The van der Waals surface area contributed by atoms with E-state index in [1.54, 1.807) is 6.92 Å². The summed E-state index contributed by atoms with van der Waals surface area (Å²) in [5, 5.41) is 5.65. The first-order valence-corrected chi connectivity index (χ1v) is 9.05. The largest absolute Gasteiger partial charge is 0.369 e. The number of benzene rings is 1. The van der Waals surface area contributed by atoms with Crippen molar-refractivity contribution in [2.24, 2.45) is 17.1 Å². The van der Waals surface area contributed by atoms with Gasteiger partial charge in [-0.3, -0.25) is 14.4 Å². The fourth-order valence-electron chi connectivity index (χ4n) is 4.51. The number of nitrogens with two attached hydrogens (primary N) is 1. The van der Waals surface area contributed by atoms with E-state index >= 15 is 0 Å². The predicted molar refractivity (Wildman–Crippen MR) is 98.9 cm³/mol. The first-order valence-electron chi connectivity index (χ1n) is 9.05. The lowest BCUT2D eigenvalue weighted by molar-refractivity contribution is -0.140. The van der Waals surface area contributed by atoms with Crippen LogP contribution in [0.15, 0.2) is 35.5 Å². The molecule has 3 rings (SSSR count). The van der Waals surface area contributed by atoms with E-state index in [0.717, 1.165) is 30.5 Å². The number of carbonyl (C=O) groups excluding carboxylic acids is 3. The lowest BCUT2D eigenvalue weighted by Crippen LogP contribution is -2.56. The summed E-state index contributed by atoms with van der Waals surface area (Å²) in [6.07, 6.45) is 3.99. The van der Waals surface area contributed by atoms with Crippen molar-refractivity contribution in [3.8, 4) is 0 Å². The van der Waals surface area contributed by atoms with Gasteiger partial charge in [-0.2, -0.15) is 0 Å². The fourth-order valence-corrected chi connectivity index (χ4v) is 4.51. The van der Waals surface area contributed by atoms with E-state index < -0.39 is 23.1 Å². The summed E-state index contributed by atoms with van der Waals surface area (Å²) in [6.45, 7) is 3.64. The summed E-state index contributed by atoms with van der Waals surface area (Å²) in [5.41, 5.74) is 7.45. The normalized spacial score (nSPS) is 22.1. The number of amides is 3. The molecule has 6 heteroatoms. The molecule has 1 aromatic rings. The molecule has 0 radical (unpaired) electrons. The van der Waals surface area contributed by atoms with Crippen LogP contribution in [-0.2, 0) is 14.4 Å². The molecular formula is C20H25N3O3. The second-order valence-electron chi connectivity index (χ2n) is 7.31. The Labute approximate surface area is 153 Å². The van der Waals surface area contributed by atoms with Crippen LogP contribution in [0.1, 0.15) is 44.6 Å². The zero-order chi connectivity index (χ0) is 18.9. The van der Waals surface area contributed by atoms with Crippen molar-refractivity contribution in [1.82, 2.24) is 5.32 Å². The standard InChI is InChI=1S/C20H25N3O3/c1-12-8-4-5-9-14(12)23-18(25)15-13(2)22-19(26)16(17(21)24)20(15)10-6-3-7-11-20/h4-5,8-9,16H,3,6-7,10-11H2,1-2H3,(H2,21,24)(H,22,26)(H,23,25)/t16-/m1/s1. The van der Waals surface area contributed by atoms with E-state index in [2.05, 4.69) is 10.6 Å². The summed E-state index contributed by atoms with van der Waals surface area (Å²) >= 11 is 0. The number of allylic oxidation sites excluding steroid dienone is 1. The molecule has 6 nitrogen and oxygen atoms in total. The molecular weight excluding hydrogens is 330 g/mol. The van der Waals surface area contributed by atoms with Gasteiger partial charge in [0, 0.05) is 22.4 Å². The van der Waals surface area contributed by atoms with Crippen molar-refractivity contribution in [2.75, 3.05) is 5.32 Å². The molecule has 4 N–H and O–H groups in total. The molecule has 1 aromatic carbocycles. The Morgan fingerprint density at radius 2 is 1.81 bits per heavy atom. The molecule has 138 valence electrons. The molecule has 1 aliphatic carbocycles. The van der Waals surface area contributed by atoms with E-state index in [9.17, 15) is 14.4 Å². The first kappa shape index (κ1) is 18.2. The van der Waals surface area contributed by atoms with Crippen molar-refractivity contribution in [1.29, 1.82) is 0 Å². The highest BCUT2D eigenvalue weighted by atomic mass is 16.2. The van der Waals surface area contributed by atoms with Crippen LogP contribution in [0.4, 0.5) is 5.69 Å². The van der Waals surface area contributed by atoms with Gasteiger partial charge in [-0.05, 0) is 38.3 Å². The number of primary amides is 1. The quantitative estimate of drug-likeness (QED) is 0.726. The minimum Gasteiger partial charge on any atom is -0.369 e. The van der Waals surface area contributed by atoms with Gasteiger partial charge in [0.25, 0.3) is 5.91 Å². The molecule has 1 heterocycles. The lowest BCUT2D eigenvalue weighted by Gasteiger charge is -2.46. The van der Waals surface area contributed by atoms with E-state index in [1.165, 1.54) is 0 Å². The van der Waals surface area contributed by atoms with Crippen LogP contribution in [0, 0.1) is 18.3 Å². The summed E-state index contributed by atoms with van der Waals surface area (Å²) in [4.78, 5) is 37.9. The second-order valence-corrected chi connectivity index (χ2v) is 7.31. The van der Waals surface area contributed by atoms with Crippen LogP contribution < -0.4 is 16.4 Å². The smallest absolute Gasteiger partial charge is 0.253 e. The molecule has 1 atom stereocenters. The van der Waals surface area contributed by atoms with Gasteiger partial charge in [-0.1, -0.05) is 37.5 Å². The molecule has 0 bridgehead atoms. The lowest BCUT2D eigenvalue weighted by atomic mass is 9.59. The van der Waals surface area contributed by atoms with Gasteiger partial charge in [0.15, 0.2) is 0 Å². The molecule has 1 aliphatic heterocycles. The van der Waals surface area contributed by atoms with Gasteiger partial charge < -0.3 is 16.4 Å². The Morgan fingerprint density at radius 3 is 2.42 bits per heavy atom. The van der Waals surface area contributed by atoms with E-state index in [0.29, 0.717) is 24.1 Å². The summed E-state index contributed by atoms with van der Waals surface area (Å²) < 4.78 is 0. The van der Waals surface area contributed by atoms with Crippen molar-refractivity contribution >= 4 is 23.4 Å². The number of carbonyl (C=O) groups is 3. The number of rotatable bonds is 3. The molecule has 1 saturated carbocycles. The van der Waals surface area contributed by atoms with Gasteiger partial charge in [0.05, 0.1) is 0 Å². The topological polar surface area (TPSA) is 101 Å². The molecule has 1 spiro atoms. The highest BCUT2D eigenvalue weighted by molar-refractivity contribution is 6.11. The molecule has 2 aliphatic rings. The first-order chi connectivity index (χ1) is 12.4. The number of aryl methyl sites for hydroxylation is 1. The molecule has 1 fully saturated rings. The molecule has 3 amide bonds. The third kappa shape index (κ3) is 3.00. The average molecular weight is 355 g/mol. The minimum atomic E-state index is -1.01. The molecule has 26 heavy (non-hydrogen) atoms.